The van der Waals surface area contributed by atoms with E-state index in [1.165, 1.54) is 29.2 Å². The Bertz CT molecular complexity index is 1810. The van der Waals surface area contributed by atoms with Gasteiger partial charge in [-0.2, -0.15) is 0 Å². The van der Waals surface area contributed by atoms with Crippen LogP contribution in [0.25, 0.3) is 0 Å². The van der Waals surface area contributed by atoms with Crippen LogP contribution in [0.3, 0.4) is 0 Å². The SMILES string of the molecule is CCCC(NC(=O)[C@@H]1C[C@@H](OC(C)(C)C)CN1C(=O)[C@@H](NC(=O)c1ccccc1C(=O)O)C1CCCCC1)C(=O)C(=O)NCC(=O)N[C@H](C(N)=O)c1ccccc1. The molecule has 0 bridgehead atoms. The van der Waals surface area contributed by atoms with E-state index in [9.17, 15) is 43.5 Å². The van der Waals surface area contributed by atoms with E-state index in [-0.39, 0.29) is 36.4 Å². The van der Waals surface area contributed by atoms with E-state index in [4.69, 9.17) is 10.5 Å². The van der Waals surface area contributed by atoms with Gasteiger partial charge in [-0.05, 0) is 63.6 Å². The Balaban J connectivity index is 1.52. The van der Waals surface area contributed by atoms with Crippen molar-refractivity contribution in [2.24, 2.45) is 11.7 Å². The summed E-state index contributed by atoms with van der Waals surface area (Å²) in [6.45, 7) is 6.60. The van der Waals surface area contributed by atoms with Crippen LogP contribution < -0.4 is 27.0 Å². The summed E-state index contributed by atoms with van der Waals surface area (Å²) in [6.07, 6.45) is 3.76. The highest BCUT2D eigenvalue weighted by atomic mass is 16.5. The van der Waals surface area contributed by atoms with Gasteiger partial charge in [-0.25, -0.2) is 4.79 Å². The van der Waals surface area contributed by atoms with Gasteiger partial charge in [0, 0.05) is 13.0 Å². The number of carbonyl (C=O) groups excluding carboxylic acids is 7. The van der Waals surface area contributed by atoms with E-state index in [1.54, 1.807) is 37.3 Å². The number of rotatable bonds is 17. The predicted molar refractivity (Wildman–Crippen MR) is 207 cm³/mol. The molecule has 1 saturated heterocycles. The molecule has 16 nitrogen and oxygen atoms in total. The number of nitrogens with zero attached hydrogens (tertiary/aromatic N) is 1. The van der Waals surface area contributed by atoms with Crippen LogP contribution in [0.5, 0.6) is 0 Å². The molecule has 2 aromatic rings. The van der Waals surface area contributed by atoms with Crippen molar-refractivity contribution >= 4 is 47.2 Å². The van der Waals surface area contributed by atoms with E-state index >= 15 is 0 Å². The molecular formula is C41H54N6O10. The monoisotopic (exact) mass is 790 g/mol. The number of likely N-dealkylation sites (tertiary alicyclic amines) is 1. The van der Waals surface area contributed by atoms with Crippen LogP contribution in [0.4, 0.5) is 0 Å². The van der Waals surface area contributed by atoms with Crippen molar-refractivity contribution in [3.8, 4) is 0 Å². The van der Waals surface area contributed by atoms with Gasteiger partial charge in [-0.1, -0.05) is 75.1 Å². The standard InChI is InChI=1S/C41H54N6O10/c1-5-14-29(34(49)38(53)43-22-31(48)45-32(35(42)50)24-15-8-6-9-16-24)44-37(52)30-21-26(57-41(2,3)4)23-47(30)39(54)33(25-17-10-7-11-18-25)46-36(51)27-19-12-13-20-28(27)40(55)56/h6,8-9,12-13,15-16,19-20,25-26,29-30,32-33H,5,7,10-11,14,17-18,21-23H2,1-4H3,(H2,42,50)(H,43,53)(H,44,52)(H,45,48)(H,46,51)(H,55,56)/t26-,29?,30+,32+,33+/m1/s1. The minimum Gasteiger partial charge on any atom is -0.478 e. The number of hydrogen-bond acceptors (Lipinski definition) is 9. The second-order valence-electron chi connectivity index (χ2n) is 15.5. The topological polar surface area (TPSA) is 243 Å². The quantitative estimate of drug-likeness (QED) is 0.128. The van der Waals surface area contributed by atoms with Crippen LogP contribution >= 0.6 is 0 Å². The van der Waals surface area contributed by atoms with Crippen LogP contribution in [0, 0.1) is 5.92 Å². The van der Waals surface area contributed by atoms with Crippen LogP contribution in [-0.2, 0) is 33.5 Å². The van der Waals surface area contributed by atoms with Gasteiger partial charge in [0.15, 0.2) is 0 Å². The number of carboxylic acids is 1. The minimum absolute atomic E-state index is 0.00371. The van der Waals surface area contributed by atoms with Crippen molar-refractivity contribution in [2.75, 3.05) is 13.1 Å². The van der Waals surface area contributed by atoms with E-state index in [0.29, 0.717) is 24.8 Å². The molecule has 16 heteroatoms. The number of carboxylic acid groups (broad SMARTS) is 1. The van der Waals surface area contributed by atoms with Gasteiger partial charge in [0.25, 0.3) is 11.8 Å². The number of ketones is 1. The molecule has 1 aliphatic carbocycles. The molecule has 0 radical (unpaired) electrons. The summed E-state index contributed by atoms with van der Waals surface area (Å²) in [4.78, 5) is 107. The van der Waals surface area contributed by atoms with Crippen molar-refractivity contribution in [2.45, 2.75) is 115 Å². The molecule has 0 spiro atoms. The Hall–Kier alpha value is -5.64. The second kappa shape index (κ2) is 20.0. The maximum absolute atomic E-state index is 14.6. The first-order valence-electron chi connectivity index (χ1n) is 19.4. The van der Waals surface area contributed by atoms with Gasteiger partial charge >= 0.3 is 5.97 Å². The molecule has 7 N–H and O–H groups in total. The largest absolute Gasteiger partial charge is 0.478 e. The maximum Gasteiger partial charge on any atom is 0.336 e. The molecule has 4 rings (SSSR count). The highest BCUT2D eigenvalue weighted by molar-refractivity contribution is 6.38. The second-order valence-corrected chi connectivity index (χ2v) is 15.5. The Morgan fingerprint density at radius 3 is 2.11 bits per heavy atom. The maximum atomic E-state index is 14.6. The number of Topliss-reactive ketones (excluding diaryl/α,β-unsaturated/α-hetero) is 1. The predicted octanol–water partition coefficient (Wildman–Crippen LogP) is 2.16. The van der Waals surface area contributed by atoms with Gasteiger partial charge in [-0.3, -0.25) is 33.6 Å². The fraction of sp³-hybridized carbons (Fsp3) is 0.512. The Kier molecular flexibility index (Phi) is 15.5. The fourth-order valence-electron chi connectivity index (χ4n) is 7.40. The number of hydrogen-bond donors (Lipinski definition) is 6. The van der Waals surface area contributed by atoms with Crippen molar-refractivity contribution in [3.05, 3.63) is 71.3 Å². The molecule has 5 atom stereocenters. The van der Waals surface area contributed by atoms with Crippen molar-refractivity contribution in [1.29, 1.82) is 0 Å². The molecule has 6 amide bonds. The lowest BCUT2D eigenvalue weighted by Crippen LogP contribution is -2.58. The number of aromatic carboxylic acids is 1. The highest BCUT2D eigenvalue weighted by Crippen LogP contribution is 2.31. The lowest BCUT2D eigenvalue weighted by Gasteiger charge is -2.35. The zero-order valence-corrected chi connectivity index (χ0v) is 32.9. The number of benzene rings is 2. The first kappa shape index (κ1) is 44.1. The third-order valence-electron chi connectivity index (χ3n) is 10.0. The van der Waals surface area contributed by atoms with Crippen molar-refractivity contribution in [1.82, 2.24) is 26.2 Å². The number of amides is 6. The summed E-state index contributed by atoms with van der Waals surface area (Å²) in [5.74, 6) is -7.35. The number of nitrogens with two attached hydrogens (primary N) is 1. The van der Waals surface area contributed by atoms with Crippen LogP contribution in [0.15, 0.2) is 54.6 Å². The third-order valence-corrected chi connectivity index (χ3v) is 10.0. The molecule has 2 aliphatic rings. The fourth-order valence-corrected chi connectivity index (χ4v) is 7.40. The molecule has 57 heavy (non-hydrogen) atoms. The summed E-state index contributed by atoms with van der Waals surface area (Å²) in [5.41, 5.74) is 4.92. The minimum atomic E-state index is -1.31. The normalized spacial score (nSPS) is 18.7. The summed E-state index contributed by atoms with van der Waals surface area (Å²) in [7, 11) is 0. The molecule has 1 unspecified atom stereocenters. The van der Waals surface area contributed by atoms with E-state index < -0.39 is 89.6 Å². The summed E-state index contributed by atoms with van der Waals surface area (Å²) in [5, 5.41) is 19.9. The number of nitrogens with one attached hydrogen (secondary N) is 4. The highest BCUT2D eigenvalue weighted by Gasteiger charge is 2.46. The van der Waals surface area contributed by atoms with Crippen molar-refractivity contribution in [3.63, 3.8) is 0 Å². The van der Waals surface area contributed by atoms with E-state index in [1.807, 2.05) is 20.8 Å². The van der Waals surface area contributed by atoms with Gasteiger partial charge in [-0.15, -0.1) is 0 Å². The molecular weight excluding hydrogens is 736 g/mol. The molecule has 1 aliphatic heterocycles. The third kappa shape index (κ3) is 12.2. The number of carbonyl (C=O) groups is 8. The lowest BCUT2D eigenvalue weighted by molar-refractivity contribution is -0.143. The average Bonchev–Trinajstić information content (AvgIpc) is 3.60. The molecule has 2 aromatic carbocycles. The zero-order chi connectivity index (χ0) is 41.9. The van der Waals surface area contributed by atoms with E-state index in [0.717, 1.165) is 19.3 Å². The lowest BCUT2D eigenvalue weighted by atomic mass is 9.83. The summed E-state index contributed by atoms with van der Waals surface area (Å²) in [6, 6.07) is 9.22. The van der Waals surface area contributed by atoms with Gasteiger partial charge < -0.3 is 41.7 Å². The molecule has 0 aromatic heterocycles. The van der Waals surface area contributed by atoms with Crippen LogP contribution in [-0.4, -0.2) is 100 Å². The van der Waals surface area contributed by atoms with Gasteiger partial charge in [0.2, 0.25) is 29.4 Å². The zero-order valence-electron chi connectivity index (χ0n) is 32.9. The van der Waals surface area contributed by atoms with Crippen LogP contribution in [0.1, 0.15) is 111 Å². The average molecular weight is 791 g/mol. The smallest absolute Gasteiger partial charge is 0.336 e. The molecule has 1 heterocycles. The van der Waals surface area contributed by atoms with E-state index in [2.05, 4.69) is 21.3 Å². The molecule has 308 valence electrons. The molecule has 2 fully saturated rings. The van der Waals surface area contributed by atoms with Crippen LogP contribution in [0.2, 0.25) is 0 Å². The van der Waals surface area contributed by atoms with Gasteiger partial charge in [0.05, 0.1) is 35.4 Å². The first-order chi connectivity index (χ1) is 27.0. The Labute approximate surface area is 332 Å². The van der Waals surface area contributed by atoms with Gasteiger partial charge in [0.1, 0.15) is 18.1 Å². The summed E-state index contributed by atoms with van der Waals surface area (Å²) < 4.78 is 6.22. The Morgan fingerprint density at radius 2 is 1.51 bits per heavy atom. The number of primary amides is 1. The Morgan fingerprint density at radius 1 is 0.877 bits per heavy atom. The van der Waals surface area contributed by atoms with Crippen molar-refractivity contribution < 1.29 is 48.2 Å². The number of ether oxygens (including phenoxy) is 1. The molecule has 1 saturated carbocycles. The summed E-state index contributed by atoms with van der Waals surface area (Å²) >= 11 is 0. The first-order valence-corrected chi connectivity index (χ1v) is 19.4.